The van der Waals surface area contributed by atoms with Gasteiger partial charge in [-0.25, -0.2) is 4.79 Å². The summed E-state index contributed by atoms with van der Waals surface area (Å²) in [5.41, 5.74) is -0.811. The Bertz CT molecular complexity index is 1110. The molecule has 2 bridgehead atoms. The van der Waals surface area contributed by atoms with Gasteiger partial charge in [0, 0.05) is 18.8 Å². The fourth-order valence-corrected chi connectivity index (χ4v) is 5.96. The number of quaternary nitrogens is 1. The van der Waals surface area contributed by atoms with Gasteiger partial charge in [-0.05, 0) is 39.2 Å². The van der Waals surface area contributed by atoms with Crippen LogP contribution in [0.4, 0.5) is 0 Å². The van der Waals surface area contributed by atoms with Crippen molar-refractivity contribution in [2.75, 3.05) is 32.8 Å². The molecule has 3 aromatic carbocycles. The Balaban J connectivity index is 0.00000304. The number of piperidine rings is 3. The predicted molar refractivity (Wildman–Crippen MR) is 138 cm³/mol. The number of hydrogen-bond acceptors (Lipinski definition) is 4. The Labute approximate surface area is 231 Å². The molecule has 0 radical (unpaired) electrons. The average Bonchev–Trinajstić information content (AvgIpc) is 2.91. The fraction of sp³-hybridized carbons (Fsp3) is 0.345. The number of esters is 1. The van der Waals surface area contributed by atoms with Gasteiger partial charge in [0.1, 0.15) is 25.4 Å². The highest BCUT2D eigenvalue weighted by atomic mass is 79.9. The normalized spacial score (nSPS) is 22.9. The topological polar surface area (TPSA) is 55.8 Å². The van der Waals surface area contributed by atoms with Crippen LogP contribution in [0.15, 0.2) is 89.4 Å². The van der Waals surface area contributed by atoms with Crippen molar-refractivity contribution >= 4 is 21.9 Å². The molecule has 7 heteroatoms. The Kier molecular flexibility index (Phi) is 8.56. The summed E-state index contributed by atoms with van der Waals surface area (Å²) < 4.78 is 14.0. The quantitative estimate of drug-likeness (QED) is 0.310. The van der Waals surface area contributed by atoms with E-state index < -0.39 is 11.6 Å². The largest absolute Gasteiger partial charge is 1.00 e. The zero-order chi connectivity index (χ0) is 24.3. The predicted octanol–water partition coefficient (Wildman–Crippen LogP) is 1.92. The molecule has 0 amide bonds. The van der Waals surface area contributed by atoms with E-state index in [2.05, 4.69) is 15.9 Å². The maximum absolute atomic E-state index is 13.6. The summed E-state index contributed by atoms with van der Waals surface area (Å²) in [4.78, 5) is 13.6. The molecule has 1 unspecified atom stereocenters. The van der Waals surface area contributed by atoms with Crippen molar-refractivity contribution in [3.05, 3.63) is 101 Å². The molecule has 5 nitrogen and oxygen atoms in total. The highest BCUT2D eigenvalue weighted by molar-refractivity contribution is 9.10. The molecule has 190 valence electrons. The van der Waals surface area contributed by atoms with E-state index in [1.165, 1.54) is 0 Å². The first-order valence-corrected chi connectivity index (χ1v) is 13.1. The number of nitrogens with zero attached hydrogens (tertiary/aromatic N) is 1. The van der Waals surface area contributed by atoms with Gasteiger partial charge in [0.25, 0.3) is 0 Å². The van der Waals surface area contributed by atoms with Crippen LogP contribution in [-0.2, 0) is 15.1 Å². The van der Waals surface area contributed by atoms with E-state index in [0.717, 1.165) is 53.7 Å². The van der Waals surface area contributed by atoms with Gasteiger partial charge in [-0.2, -0.15) is 0 Å². The van der Waals surface area contributed by atoms with E-state index in [1.807, 2.05) is 60.7 Å². The number of carbonyl (C=O) groups excluding carboxylic acids is 1. The summed E-state index contributed by atoms with van der Waals surface area (Å²) in [7, 11) is 0. The molecule has 3 saturated heterocycles. The zero-order valence-electron chi connectivity index (χ0n) is 20.1. The van der Waals surface area contributed by atoms with Crippen molar-refractivity contribution in [2.45, 2.75) is 24.5 Å². The average molecular weight is 617 g/mol. The molecule has 3 aromatic rings. The Morgan fingerprint density at radius 1 is 0.917 bits per heavy atom. The third-order valence-corrected chi connectivity index (χ3v) is 8.29. The summed E-state index contributed by atoms with van der Waals surface area (Å²) in [6.07, 6.45) is 1.82. The van der Waals surface area contributed by atoms with E-state index in [9.17, 15) is 9.90 Å². The van der Waals surface area contributed by atoms with Gasteiger partial charge in [0.05, 0.1) is 17.6 Å². The van der Waals surface area contributed by atoms with Crippen molar-refractivity contribution in [2.24, 2.45) is 5.92 Å². The summed E-state index contributed by atoms with van der Waals surface area (Å²) in [5, 5.41) is 11.8. The molecule has 3 aliphatic heterocycles. The lowest BCUT2D eigenvalue weighted by atomic mass is 9.82. The Morgan fingerprint density at radius 3 is 2.06 bits per heavy atom. The number of aliphatic hydroxyl groups is 1. The standard InChI is InChI=1S/C29H31BrNO4.BrH/c30-25-13-7-8-14-26(25)34-20-19-31-17-15-22(16-18-31)27(21-31)35-28(32)29(33,23-9-3-1-4-10-23)24-11-5-2-6-12-24;/h1-14,22,27,33H,15-21H2;1H/q+1;/p-1. The minimum Gasteiger partial charge on any atom is -1.00 e. The number of carbonyl (C=O) groups is 1. The Morgan fingerprint density at radius 2 is 1.47 bits per heavy atom. The first-order valence-electron chi connectivity index (χ1n) is 12.3. The number of fused-ring (bicyclic) bond motifs is 3. The van der Waals surface area contributed by atoms with Gasteiger partial charge >= 0.3 is 5.97 Å². The molecule has 6 rings (SSSR count). The molecule has 1 N–H and O–H groups in total. The second-order valence-corrected chi connectivity index (χ2v) is 10.6. The van der Waals surface area contributed by atoms with Crippen molar-refractivity contribution in [3.63, 3.8) is 0 Å². The SMILES string of the molecule is O=C(OC1C[N+]2(CCOc3ccccc3Br)CCC1CC2)C(O)(c1ccccc1)c1ccccc1.[Br-]. The molecule has 3 aliphatic rings. The maximum Gasteiger partial charge on any atom is 0.348 e. The summed E-state index contributed by atoms with van der Waals surface area (Å²) in [6.45, 7) is 4.37. The molecule has 0 aliphatic carbocycles. The molecule has 0 spiro atoms. The number of ether oxygens (including phenoxy) is 2. The summed E-state index contributed by atoms with van der Waals surface area (Å²) in [5.74, 6) is 0.576. The minimum atomic E-state index is -1.85. The van der Waals surface area contributed by atoms with E-state index in [1.54, 1.807) is 24.3 Å². The van der Waals surface area contributed by atoms with E-state index in [4.69, 9.17) is 9.47 Å². The molecule has 3 heterocycles. The zero-order valence-corrected chi connectivity index (χ0v) is 23.2. The fourth-order valence-electron chi connectivity index (χ4n) is 5.56. The van der Waals surface area contributed by atoms with Gasteiger partial charge in [-0.1, -0.05) is 72.8 Å². The van der Waals surface area contributed by atoms with Crippen LogP contribution < -0.4 is 21.7 Å². The van der Waals surface area contributed by atoms with E-state index in [-0.39, 0.29) is 23.1 Å². The molecule has 36 heavy (non-hydrogen) atoms. The highest BCUT2D eigenvalue weighted by Gasteiger charge is 2.50. The van der Waals surface area contributed by atoms with Gasteiger partial charge in [0.15, 0.2) is 6.10 Å². The molecule has 3 fully saturated rings. The monoisotopic (exact) mass is 615 g/mol. The van der Waals surface area contributed by atoms with Crippen molar-refractivity contribution < 1.29 is 40.8 Å². The lowest BCUT2D eigenvalue weighted by Crippen LogP contribution is -3.00. The number of rotatable bonds is 8. The molecule has 0 aromatic heterocycles. The maximum atomic E-state index is 13.6. The van der Waals surface area contributed by atoms with E-state index >= 15 is 0 Å². The van der Waals surface area contributed by atoms with Crippen LogP contribution in [0.25, 0.3) is 0 Å². The molecule has 0 saturated carbocycles. The highest BCUT2D eigenvalue weighted by Crippen LogP contribution is 2.38. The van der Waals surface area contributed by atoms with Gasteiger partial charge in [-0.15, -0.1) is 0 Å². The number of hydrogen-bond donors (Lipinski definition) is 1. The van der Waals surface area contributed by atoms with Crippen LogP contribution in [0.1, 0.15) is 24.0 Å². The third kappa shape index (κ3) is 5.40. The molecular weight excluding hydrogens is 586 g/mol. The first kappa shape index (κ1) is 26.9. The first-order chi connectivity index (χ1) is 17.0. The lowest BCUT2D eigenvalue weighted by Gasteiger charge is -2.52. The van der Waals surface area contributed by atoms with Crippen LogP contribution in [0.5, 0.6) is 5.75 Å². The summed E-state index contributed by atoms with van der Waals surface area (Å²) in [6, 6.07) is 26.0. The van der Waals surface area contributed by atoms with Crippen molar-refractivity contribution in [1.29, 1.82) is 0 Å². The Hall–Kier alpha value is -2.19. The van der Waals surface area contributed by atoms with Crippen molar-refractivity contribution in [1.82, 2.24) is 0 Å². The number of para-hydroxylation sites is 1. The third-order valence-electron chi connectivity index (χ3n) is 7.64. The second kappa shape index (κ2) is 11.5. The van der Waals surface area contributed by atoms with Crippen LogP contribution in [0, 0.1) is 5.92 Å². The smallest absolute Gasteiger partial charge is 0.348 e. The van der Waals surface area contributed by atoms with Gasteiger partial charge < -0.3 is 36.0 Å². The number of halogens is 2. The van der Waals surface area contributed by atoms with Crippen molar-refractivity contribution in [3.8, 4) is 5.75 Å². The molecular formula is C29H31Br2NO4. The van der Waals surface area contributed by atoms with Gasteiger partial charge in [-0.3, -0.25) is 0 Å². The van der Waals surface area contributed by atoms with Gasteiger partial charge in [0.2, 0.25) is 5.60 Å². The van der Waals surface area contributed by atoms with Crippen LogP contribution in [0.2, 0.25) is 0 Å². The van der Waals surface area contributed by atoms with Crippen LogP contribution in [0.3, 0.4) is 0 Å². The van der Waals surface area contributed by atoms with Crippen LogP contribution in [-0.4, -0.2) is 54.4 Å². The molecule has 1 atom stereocenters. The summed E-state index contributed by atoms with van der Waals surface area (Å²) >= 11 is 3.54. The van der Waals surface area contributed by atoms with E-state index in [0.29, 0.717) is 23.7 Å². The van der Waals surface area contributed by atoms with Crippen LogP contribution >= 0.6 is 15.9 Å². The second-order valence-electron chi connectivity index (χ2n) is 9.70. The lowest BCUT2D eigenvalue weighted by molar-refractivity contribution is -0.946. The number of benzene rings is 3. The minimum absolute atomic E-state index is 0.